The van der Waals surface area contributed by atoms with Crippen molar-refractivity contribution in [3.05, 3.63) is 93.8 Å². The highest BCUT2D eigenvalue weighted by Crippen LogP contribution is 2.41. The fourth-order valence-corrected chi connectivity index (χ4v) is 3.98. The third-order valence-corrected chi connectivity index (χ3v) is 5.56. The maximum absolute atomic E-state index is 13.1. The van der Waals surface area contributed by atoms with Crippen molar-refractivity contribution in [2.45, 2.75) is 12.3 Å². The molecule has 0 saturated carbocycles. The Labute approximate surface area is 182 Å². The van der Waals surface area contributed by atoms with Gasteiger partial charge in [0.05, 0.1) is 16.5 Å². The van der Waals surface area contributed by atoms with Gasteiger partial charge in [0, 0.05) is 12.3 Å². The molecule has 0 spiro atoms. The summed E-state index contributed by atoms with van der Waals surface area (Å²) in [6.45, 7) is 0.0731. The number of benzene rings is 3. The number of carbonyl (C=O) groups is 1. The highest BCUT2D eigenvalue weighted by Gasteiger charge is 2.29. The molecule has 0 aliphatic carbocycles. The lowest BCUT2D eigenvalue weighted by atomic mass is 9.85. The Kier molecular flexibility index (Phi) is 4.78. The van der Waals surface area contributed by atoms with Gasteiger partial charge < -0.3 is 24.1 Å². The van der Waals surface area contributed by atoms with Gasteiger partial charge >= 0.3 is 5.63 Å². The molecule has 1 aliphatic heterocycles. The van der Waals surface area contributed by atoms with E-state index in [0.29, 0.717) is 22.4 Å². The van der Waals surface area contributed by atoms with Gasteiger partial charge in [0.25, 0.3) is 0 Å². The van der Waals surface area contributed by atoms with Gasteiger partial charge in [-0.05, 0) is 42.0 Å². The minimum Gasteiger partial charge on any atom is -0.507 e. The molecule has 5 rings (SSSR count). The fraction of sp³-hybridized carbons (Fsp3) is 0.120. The summed E-state index contributed by atoms with van der Waals surface area (Å²) in [5, 5.41) is 21.5. The Hall–Kier alpha value is -4.26. The largest absolute Gasteiger partial charge is 0.507 e. The molecular weight excluding hydrogens is 412 g/mol. The van der Waals surface area contributed by atoms with E-state index in [1.807, 2.05) is 0 Å². The van der Waals surface area contributed by atoms with Gasteiger partial charge in [-0.15, -0.1) is 0 Å². The summed E-state index contributed by atoms with van der Waals surface area (Å²) in [6, 6.07) is 17.9. The van der Waals surface area contributed by atoms with E-state index in [1.165, 1.54) is 12.1 Å². The van der Waals surface area contributed by atoms with Gasteiger partial charge in [0.2, 0.25) is 6.79 Å². The third-order valence-electron chi connectivity index (χ3n) is 5.56. The lowest BCUT2D eigenvalue weighted by Gasteiger charge is -2.19. The quantitative estimate of drug-likeness (QED) is 0.358. The van der Waals surface area contributed by atoms with E-state index in [0.717, 1.165) is 0 Å². The van der Waals surface area contributed by atoms with Crippen molar-refractivity contribution in [3.63, 3.8) is 0 Å². The molecule has 3 aromatic carbocycles. The fourth-order valence-electron chi connectivity index (χ4n) is 3.98. The van der Waals surface area contributed by atoms with Crippen LogP contribution < -0.4 is 15.1 Å². The molecule has 160 valence electrons. The van der Waals surface area contributed by atoms with Crippen LogP contribution in [0.2, 0.25) is 0 Å². The van der Waals surface area contributed by atoms with Gasteiger partial charge in [0.15, 0.2) is 17.3 Å². The summed E-state index contributed by atoms with van der Waals surface area (Å²) in [5.41, 5.74) is 0.161. The van der Waals surface area contributed by atoms with Crippen molar-refractivity contribution >= 4 is 16.8 Å². The summed E-state index contributed by atoms with van der Waals surface area (Å²) in [4.78, 5) is 26.1. The van der Waals surface area contributed by atoms with Gasteiger partial charge in [-0.3, -0.25) is 4.79 Å². The van der Waals surface area contributed by atoms with E-state index >= 15 is 0 Å². The summed E-state index contributed by atoms with van der Waals surface area (Å²) in [5.74, 6) is -0.613. The van der Waals surface area contributed by atoms with Crippen LogP contribution in [0.3, 0.4) is 0 Å². The van der Waals surface area contributed by atoms with Crippen molar-refractivity contribution in [1.29, 1.82) is 0 Å². The Balaban J connectivity index is 1.67. The van der Waals surface area contributed by atoms with Crippen LogP contribution in [0.1, 0.15) is 33.8 Å². The number of para-hydroxylation sites is 2. The van der Waals surface area contributed by atoms with E-state index in [2.05, 4.69) is 0 Å². The number of phenols is 1. The standard InChI is InChI=1S/C25H18O7/c26-18-7-3-1-5-15(18)19(27)12-17(14-9-10-21-22(11-14)31-13-30-21)23-24(28)16-6-2-4-8-20(16)32-25(23)29/h1-11,17,26,28H,12-13H2. The maximum atomic E-state index is 13.1. The monoisotopic (exact) mass is 430 g/mol. The highest BCUT2D eigenvalue weighted by atomic mass is 16.7. The zero-order valence-corrected chi connectivity index (χ0v) is 16.8. The van der Waals surface area contributed by atoms with E-state index in [-0.39, 0.29) is 41.4 Å². The van der Waals surface area contributed by atoms with Crippen LogP contribution in [-0.2, 0) is 0 Å². The molecule has 32 heavy (non-hydrogen) atoms. The number of fused-ring (bicyclic) bond motifs is 2. The zero-order chi connectivity index (χ0) is 22.2. The van der Waals surface area contributed by atoms with Crippen molar-refractivity contribution in [3.8, 4) is 23.0 Å². The van der Waals surface area contributed by atoms with Crippen LogP contribution in [0, 0.1) is 0 Å². The van der Waals surface area contributed by atoms with Gasteiger partial charge in [-0.25, -0.2) is 4.79 Å². The number of Topliss-reactive ketones (excluding diaryl/α,β-unsaturated/α-hetero) is 1. The molecule has 0 radical (unpaired) electrons. The van der Waals surface area contributed by atoms with Gasteiger partial charge in [0.1, 0.15) is 17.1 Å². The maximum Gasteiger partial charge on any atom is 0.343 e. The number of carbonyl (C=O) groups excluding carboxylic acids is 1. The predicted molar refractivity (Wildman–Crippen MR) is 116 cm³/mol. The summed E-state index contributed by atoms with van der Waals surface area (Å²) in [6.07, 6.45) is -0.187. The number of hydrogen-bond donors (Lipinski definition) is 2. The molecule has 1 aliphatic rings. The molecule has 1 unspecified atom stereocenters. The molecule has 0 fully saturated rings. The minimum atomic E-state index is -0.850. The smallest absolute Gasteiger partial charge is 0.343 e. The summed E-state index contributed by atoms with van der Waals surface area (Å²) < 4.78 is 16.3. The molecule has 2 heterocycles. The second-order valence-electron chi connectivity index (χ2n) is 7.46. The van der Waals surface area contributed by atoms with Gasteiger partial charge in [-0.2, -0.15) is 0 Å². The Morgan fingerprint density at radius 3 is 2.53 bits per heavy atom. The van der Waals surface area contributed by atoms with E-state index in [4.69, 9.17) is 13.9 Å². The Morgan fingerprint density at radius 1 is 0.938 bits per heavy atom. The molecule has 0 amide bonds. The predicted octanol–water partition coefficient (Wildman–Crippen LogP) is 4.34. The molecule has 2 N–H and O–H groups in total. The average molecular weight is 430 g/mol. The van der Waals surface area contributed by atoms with Crippen molar-refractivity contribution in [1.82, 2.24) is 0 Å². The topological polar surface area (TPSA) is 106 Å². The Morgan fingerprint density at radius 2 is 1.69 bits per heavy atom. The molecule has 7 nitrogen and oxygen atoms in total. The first-order chi connectivity index (χ1) is 15.5. The Bertz CT molecular complexity index is 1400. The molecule has 0 saturated heterocycles. The van der Waals surface area contributed by atoms with Crippen molar-refractivity contribution < 1.29 is 28.9 Å². The SMILES string of the molecule is O=C(CC(c1ccc2c(c1)OCO2)c1c(O)c2ccccc2oc1=O)c1ccccc1O. The van der Waals surface area contributed by atoms with Crippen molar-refractivity contribution in [2.24, 2.45) is 0 Å². The van der Waals surface area contributed by atoms with Crippen LogP contribution in [0.15, 0.2) is 75.9 Å². The summed E-state index contributed by atoms with van der Waals surface area (Å²) in [7, 11) is 0. The molecule has 1 aromatic heterocycles. The number of rotatable bonds is 5. The van der Waals surface area contributed by atoms with Crippen LogP contribution in [-0.4, -0.2) is 22.8 Å². The number of aromatic hydroxyl groups is 2. The van der Waals surface area contributed by atoms with E-state index < -0.39 is 17.3 Å². The summed E-state index contributed by atoms with van der Waals surface area (Å²) >= 11 is 0. The second-order valence-corrected chi connectivity index (χ2v) is 7.46. The first-order valence-corrected chi connectivity index (χ1v) is 9.98. The third kappa shape index (κ3) is 3.33. The second kappa shape index (κ2) is 7.77. The van der Waals surface area contributed by atoms with Crippen LogP contribution in [0.25, 0.3) is 11.0 Å². The molecule has 4 aromatic rings. The number of phenolic OH excluding ortho intramolecular Hbond substituents is 1. The molecule has 7 heteroatoms. The number of hydrogen-bond acceptors (Lipinski definition) is 7. The van der Waals surface area contributed by atoms with E-state index in [9.17, 15) is 19.8 Å². The van der Waals surface area contributed by atoms with Crippen LogP contribution in [0.5, 0.6) is 23.0 Å². The number of ether oxygens (including phenoxy) is 2. The first kappa shape index (κ1) is 19.7. The lowest BCUT2D eigenvalue weighted by Crippen LogP contribution is -2.17. The van der Waals surface area contributed by atoms with Crippen LogP contribution in [0.4, 0.5) is 0 Å². The van der Waals surface area contributed by atoms with Crippen molar-refractivity contribution in [2.75, 3.05) is 6.79 Å². The lowest BCUT2D eigenvalue weighted by molar-refractivity contribution is 0.0974. The van der Waals surface area contributed by atoms with Gasteiger partial charge in [-0.1, -0.05) is 30.3 Å². The van der Waals surface area contributed by atoms with Crippen LogP contribution >= 0.6 is 0 Å². The zero-order valence-electron chi connectivity index (χ0n) is 16.8. The molecule has 1 atom stereocenters. The molecule has 0 bridgehead atoms. The molecular formula is C25H18O7. The minimum absolute atomic E-state index is 0.0358. The average Bonchev–Trinajstić information content (AvgIpc) is 3.26. The van der Waals surface area contributed by atoms with E-state index in [1.54, 1.807) is 54.6 Å². The number of ketones is 1. The highest BCUT2D eigenvalue weighted by molar-refractivity contribution is 5.99. The normalized spacial score (nSPS) is 13.2. The first-order valence-electron chi connectivity index (χ1n) is 9.98.